The first-order chi connectivity index (χ1) is 9.34. The SMILES string of the molecule is O=C(CNCCN1CCOCC1)NC1CCOCC1. The van der Waals surface area contributed by atoms with Crippen molar-refractivity contribution < 1.29 is 14.3 Å². The van der Waals surface area contributed by atoms with E-state index in [1.807, 2.05) is 0 Å². The van der Waals surface area contributed by atoms with E-state index < -0.39 is 0 Å². The molecule has 1 amide bonds. The molecular formula is C13H25N3O3. The fourth-order valence-corrected chi connectivity index (χ4v) is 2.38. The Labute approximate surface area is 114 Å². The first-order valence-electron chi connectivity index (χ1n) is 7.22. The molecule has 0 radical (unpaired) electrons. The maximum Gasteiger partial charge on any atom is 0.234 e. The zero-order valence-corrected chi connectivity index (χ0v) is 11.5. The third-order valence-corrected chi connectivity index (χ3v) is 3.58. The first kappa shape index (κ1) is 14.7. The molecule has 0 aromatic rings. The van der Waals surface area contributed by atoms with Gasteiger partial charge in [-0.3, -0.25) is 9.69 Å². The Balaban J connectivity index is 1.48. The molecule has 2 fully saturated rings. The number of nitrogens with zero attached hydrogens (tertiary/aromatic N) is 1. The van der Waals surface area contributed by atoms with E-state index in [1.54, 1.807) is 0 Å². The van der Waals surface area contributed by atoms with Gasteiger partial charge in [-0.15, -0.1) is 0 Å². The van der Waals surface area contributed by atoms with Crippen LogP contribution in [0.1, 0.15) is 12.8 Å². The number of carbonyl (C=O) groups is 1. The second kappa shape index (κ2) is 8.47. The van der Waals surface area contributed by atoms with Gasteiger partial charge in [0.25, 0.3) is 0 Å². The van der Waals surface area contributed by atoms with Crippen LogP contribution in [-0.4, -0.2) is 76.0 Å². The molecule has 0 unspecified atom stereocenters. The number of amides is 1. The second-order valence-electron chi connectivity index (χ2n) is 5.08. The monoisotopic (exact) mass is 271 g/mol. The van der Waals surface area contributed by atoms with Crippen molar-refractivity contribution in [2.45, 2.75) is 18.9 Å². The molecule has 110 valence electrons. The summed E-state index contributed by atoms with van der Waals surface area (Å²) in [7, 11) is 0. The van der Waals surface area contributed by atoms with E-state index in [9.17, 15) is 4.79 Å². The lowest BCUT2D eigenvalue weighted by Gasteiger charge is -2.26. The van der Waals surface area contributed by atoms with Crippen molar-refractivity contribution in [1.82, 2.24) is 15.5 Å². The summed E-state index contributed by atoms with van der Waals surface area (Å²) in [6, 6.07) is 0.294. The number of rotatable bonds is 6. The lowest BCUT2D eigenvalue weighted by Crippen LogP contribution is -2.45. The van der Waals surface area contributed by atoms with Crippen molar-refractivity contribution in [1.29, 1.82) is 0 Å². The number of hydrogen-bond donors (Lipinski definition) is 2. The van der Waals surface area contributed by atoms with Crippen molar-refractivity contribution in [3.8, 4) is 0 Å². The maximum atomic E-state index is 11.7. The van der Waals surface area contributed by atoms with Gasteiger partial charge in [-0.1, -0.05) is 0 Å². The van der Waals surface area contributed by atoms with E-state index in [2.05, 4.69) is 15.5 Å². The molecule has 0 aromatic carbocycles. The fraction of sp³-hybridized carbons (Fsp3) is 0.923. The maximum absolute atomic E-state index is 11.7. The highest BCUT2D eigenvalue weighted by molar-refractivity contribution is 5.78. The zero-order chi connectivity index (χ0) is 13.3. The van der Waals surface area contributed by atoms with Crippen LogP contribution in [-0.2, 0) is 14.3 Å². The summed E-state index contributed by atoms with van der Waals surface area (Å²) in [5.41, 5.74) is 0. The van der Waals surface area contributed by atoms with E-state index in [0.717, 1.165) is 65.4 Å². The largest absolute Gasteiger partial charge is 0.381 e. The van der Waals surface area contributed by atoms with Crippen molar-refractivity contribution in [3.05, 3.63) is 0 Å². The van der Waals surface area contributed by atoms with Crippen LogP contribution < -0.4 is 10.6 Å². The summed E-state index contributed by atoms with van der Waals surface area (Å²) in [4.78, 5) is 14.1. The third kappa shape index (κ3) is 5.86. The third-order valence-electron chi connectivity index (χ3n) is 3.58. The molecule has 2 aliphatic rings. The molecule has 6 nitrogen and oxygen atoms in total. The second-order valence-corrected chi connectivity index (χ2v) is 5.08. The lowest BCUT2D eigenvalue weighted by atomic mass is 10.1. The first-order valence-corrected chi connectivity index (χ1v) is 7.22. The molecular weight excluding hydrogens is 246 g/mol. The van der Waals surface area contributed by atoms with E-state index in [0.29, 0.717) is 12.6 Å². The minimum absolute atomic E-state index is 0.0916. The highest BCUT2D eigenvalue weighted by Gasteiger charge is 2.15. The van der Waals surface area contributed by atoms with Crippen LogP contribution >= 0.6 is 0 Å². The minimum atomic E-state index is 0.0916. The Hall–Kier alpha value is -0.690. The normalized spacial score (nSPS) is 22.3. The number of nitrogens with one attached hydrogen (secondary N) is 2. The van der Waals surface area contributed by atoms with Gasteiger partial charge in [-0.25, -0.2) is 0 Å². The van der Waals surface area contributed by atoms with E-state index in [4.69, 9.17) is 9.47 Å². The van der Waals surface area contributed by atoms with Gasteiger partial charge in [0.2, 0.25) is 5.91 Å². The quantitative estimate of drug-likeness (QED) is 0.620. The Morgan fingerprint density at radius 1 is 1.11 bits per heavy atom. The van der Waals surface area contributed by atoms with Crippen molar-refractivity contribution in [2.24, 2.45) is 0 Å². The van der Waals surface area contributed by atoms with E-state index in [1.165, 1.54) is 0 Å². The standard InChI is InChI=1S/C13H25N3O3/c17-13(15-12-1-7-18-8-2-12)11-14-3-4-16-5-9-19-10-6-16/h12,14H,1-11H2,(H,15,17). The molecule has 2 aliphatic heterocycles. The number of ether oxygens (including phenoxy) is 2. The molecule has 2 N–H and O–H groups in total. The van der Waals surface area contributed by atoms with Crippen LogP contribution in [0.2, 0.25) is 0 Å². The van der Waals surface area contributed by atoms with Crippen molar-refractivity contribution in [2.75, 3.05) is 59.2 Å². The molecule has 2 heterocycles. The Kier molecular flexibility index (Phi) is 6.56. The Morgan fingerprint density at radius 3 is 2.53 bits per heavy atom. The molecule has 0 bridgehead atoms. The van der Waals surface area contributed by atoms with Gasteiger partial charge in [-0.05, 0) is 12.8 Å². The van der Waals surface area contributed by atoms with Gasteiger partial charge >= 0.3 is 0 Å². The van der Waals surface area contributed by atoms with Crippen molar-refractivity contribution in [3.63, 3.8) is 0 Å². The summed E-state index contributed by atoms with van der Waals surface area (Å²) in [6.07, 6.45) is 1.86. The van der Waals surface area contributed by atoms with Crippen LogP contribution in [0.25, 0.3) is 0 Å². The molecule has 0 aromatic heterocycles. The van der Waals surface area contributed by atoms with Crippen LogP contribution in [0.5, 0.6) is 0 Å². The average Bonchev–Trinajstić information content (AvgIpc) is 2.46. The molecule has 6 heteroatoms. The zero-order valence-electron chi connectivity index (χ0n) is 11.5. The van der Waals surface area contributed by atoms with Crippen LogP contribution in [0.4, 0.5) is 0 Å². The van der Waals surface area contributed by atoms with Crippen LogP contribution in [0, 0.1) is 0 Å². The summed E-state index contributed by atoms with van der Waals surface area (Å²) >= 11 is 0. The topological polar surface area (TPSA) is 62.8 Å². The summed E-state index contributed by atoms with van der Waals surface area (Å²) < 4.78 is 10.6. The predicted octanol–water partition coefficient (Wildman–Crippen LogP) is -0.797. The smallest absolute Gasteiger partial charge is 0.234 e. The Bertz CT molecular complexity index is 264. The number of morpholine rings is 1. The predicted molar refractivity (Wildman–Crippen MR) is 72.1 cm³/mol. The molecule has 0 atom stereocenters. The summed E-state index contributed by atoms with van der Waals surface area (Å²) in [5.74, 6) is 0.0916. The highest BCUT2D eigenvalue weighted by atomic mass is 16.5. The molecule has 19 heavy (non-hydrogen) atoms. The number of hydrogen-bond acceptors (Lipinski definition) is 5. The average molecular weight is 271 g/mol. The van der Waals surface area contributed by atoms with Gasteiger partial charge in [0.15, 0.2) is 0 Å². The van der Waals surface area contributed by atoms with Crippen LogP contribution in [0.3, 0.4) is 0 Å². The Morgan fingerprint density at radius 2 is 1.79 bits per heavy atom. The number of carbonyl (C=O) groups excluding carboxylic acids is 1. The van der Waals surface area contributed by atoms with Crippen molar-refractivity contribution >= 4 is 5.91 Å². The van der Waals surface area contributed by atoms with Gasteiger partial charge in [0, 0.05) is 45.4 Å². The van der Waals surface area contributed by atoms with Crippen LogP contribution in [0.15, 0.2) is 0 Å². The van der Waals surface area contributed by atoms with Gasteiger partial charge in [-0.2, -0.15) is 0 Å². The lowest BCUT2D eigenvalue weighted by molar-refractivity contribution is -0.121. The minimum Gasteiger partial charge on any atom is -0.381 e. The highest BCUT2D eigenvalue weighted by Crippen LogP contribution is 2.05. The molecule has 2 saturated heterocycles. The summed E-state index contributed by atoms with van der Waals surface area (Å²) in [5, 5.41) is 6.24. The molecule has 0 spiro atoms. The molecule has 0 aliphatic carbocycles. The molecule has 2 rings (SSSR count). The van der Waals surface area contributed by atoms with Gasteiger partial charge in [0.05, 0.1) is 19.8 Å². The molecule has 0 saturated carbocycles. The van der Waals surface area contributed by atoms with E-state index >= 15 is 0 Å². The van der Waals surface area contributed by atoms with Gasteiger partial charge < -0.3 is 20.1 Å². The fourth-order valence-electron chi connectivity index (χ4n) is 2.38. The summed E-state index contributed by atoms with van der Waals surface area (Å²) in [6.45, 7) is 7.39. The van der Waals surface area contributed by atoms with E-state index in [-0.39, 0.29) is 5.91 Å². The van der Waals surface area contributed by atoms with Gasteiger partial charge in [0.1, 0.15) is 0 Å².